The van der Waals surface area contributed by atoms with Crippen molar-refractivity contribution < 1.29 is 26.4 Å². The van der Waals surface area contributed by atoms with E-state index in [1.165, 1.54) is 18.2 Å². The Labute approximate surface area is 166 Å². The molecule has 1 aromatic carbocycles. The van der Waals surface area contributed by atoms with Gasteiger partial charge in [0.05, 0.1) is 16.9 Å². The normalized spacial score (nSPS) is 15.4. The molecule has 1 amide bonds. The highest BCUT2D eigenvalue weighted by Gasteiger charge is 2.31. The number of hydrogen-bond donors (Lipinski definition) is 1. The summed E-state index contributed by atoms with van der Waals surface area (Å²) >= 11 is 0. The first-order valence-electron chi connectivity index (χ1n) is 8.72. The number of sulfonamides is 1. The number of rotatable bonds is 4. The van der Waals surface area contributed by atoms with Crippen LogP contribution in [-0.4, -0.2) is 50.4 Å². The fourth-order valence-electron chi connectivity index (χ4n) is 3.01. The van der Waals surface area contributed by atoms with Crippen molar-refractivity contribution in [1.82, 2.24) is 9.88 Å². The number of piperazine rings is 1. The summed E-state index contributed by atoms with van der Waals surface area (Å²) in [5, 5.41) is 5.05. The fraction of sp³-hybridized carbons (Fsp3) is 0.333. The summed E-state index contributed by atoms with van der Waals surface area (Å²) < 4.78 is 60.4. The quantitative estimate of drug-likeness (QED) is 0.799. The molecule has 0 saturated carbocycles. The first-order chi connectivity index (χ1) is 13.5. The molecular weight excluding hydrogens is 409 g/mol. The Morgan fingerprint density at radius 3 is 2.14 bits per heavy atom. The van der Waals surface area contributed by atoms with Crippen LogP contribution in [0.4, 0.5) is 19.0 Å². The molecule has 29 heavy (non-hydrogen) atoms. The fourth-order valence-corrected chi connectivity index (χ4v) is 3.52. The van der Waals surface area contributed by atoms with Crippen molar-refractivity contribution in [3.8, 4) is 0 Å². The van der Waals surface area contributed by atoms with Crippen molar-refractivity contribution >= 4 is 21.7 Å². The standard InChI is InChI=1S/C18H19F3N4O3S/c19-18(20,21)14-3-6-16(23-12-14)24-7-9-25(10-8-24)17(26)11-13-1-4-15(5-2-13)29(22,27)28/h1-6,12H,7-11H2,(H2,22,27,28). The van der Waals surface area contributed by atoms with Crippen molar-refractivity contribution in [2.24, 2.45) is 5.14 Å². The number of carbonyl (C=O) groups is 1. The smallest absolute Gasteiger partial charge is 0.353 e. The van der Waals surface area contributed by atoms with Gasteiger partial charge in [-0.15, -0.1) is 0 Å². The van der Waals surface area contributed by atoms with Gasteiger partial charge >= 0.3 is 6.18 Å². The van der Waals surface area contributed by atoms with Crippen LogP contribution < -0.4 is 10.0 Å². The lowest BCUT2D eigenvalue weighted by Gasteiger charge is -2.35. The van der Waals surface area contributed by atoms with E-state index in [-0.39, 0.29) is 17.2 Å². The lowest BCUT2D eigenvalue weighted by atomic mass is 10.1. The van der Waals surface area contributed by atoms with Gasteiger partial charge in [0.15, 0.2) is 0 Å². The van der Waals surface area contributed by atoms with Gasteiger partial charge < -0.3 is 9.80 Å². The molecule has 2 N–H and O–H groups in total. The van der Waals surface area contributed by atoms with Crippen LogP contribution in [0.15, 0.2) is 47.5 Å². The molecule has 0 radical (unpaired) electrons. The molecule has 2 aromatic rings. The van der Waals surface area contributed by atoms with Gasteiger partial charge in [-0.3, -0.25) is 4.79 Å². The van der Waals surface area contributed by atoms with Gasteiger partial charge in [0.1, 0.15) is 5.82 Å². The summed E-state index contributed by atoms with van der Waals surface area (Å²) in [5.74, 6) is 0.317. The topological polar surface area (TPSA) is 96.6 Å². The van der Waals surface area contributed by atoms with E-state index in [1.54, 1.807) is 17.0 Å². The third-order valence-corrected chi connectivity index (χ3v) is 5.57. The van der Waals surface area contributed by atoms with Crippen LogP contribution in [0.1, 0.15) is 11.1 Å². The van der Waals surface area contributed by atoms with E-state index in [0.717, 1.165) is 12.3 Å². The van der Waals surface area contributed by atoms with Crippen molar-refractivity contribution in [1.29, 1.82) is 0 Å². The summed E-state index contributed by atoms with van der Waals surface area (Å²) in [5.41, 5.74) is -0.141. The number of hydrogen-bond acceptors (Lipinski definition) is 5. The summed E-state index contributed by atoms with van der Waals surface area (Å²) in [7, 11) is -3.78. The van der Waals surface area contributed by atoms with E-state index in [4.69, 9.17) is 5.14 Å². The highest BCUT2D eigenvalue weighted by molar-refractivity contribution is 7.89. The van der Waals surface area contributed by atoms with Crippen LogP contribution in [0.5, 0.6) is 0 Å². The van der Waals surface area contributed by atoms with Crippen LogP contribution in [0.25, 0.3) is 0 Å². The zero-order chi connectivity index (χ0) is 21.2. The maximum absolute atomic E-state index is 12.6. The number of pyridine rings is 1. The van der Waals surface area contributed by atoms with E-state index < -0.39 is 21.8 Å². The Kier molecular flexibility index (Phi) is 5.80. The molecule has 0 unspecified atom stereocenters. The molecule has 3 rings (SSSR count). The molecule has 0 atom stereocenters. The third kappa shape index (κ3) is 5.24. The van der Waals surface area contributed by atoms with Crippen LogP contribution in [0.2, 0.25) is 0 Å². The lowest BCUT2D eigenvalue weighted by Crippen LogP contribution is -2.49. The Morgan fingerprint density at radius 1 is 1.03 bits per heavy atom. The molecule has 7 nitrogen and oxygen atoms in total. The van der Waals surface area contributed by atoms with Crippen LogP contribution in [0.3, 0.4) is 0 Å². The first-order valence-corrected chi connectivity index (χ1v) is 10.3. The number of nitrogens with two attached hydrogens (primary N) is 1. The predicted octanol–water partition coefficient (Wildman–Crippen LogP) is 1.64. The number of halogens is 3. The Balaban J connectivity index is 1.55. The maximum Gasteiger partial charge on any atom is 0.417 e. The molecule has 2 heterocycles. The minimum absolute atomic E-state index is 0.0219. The minimum atomic E-state index is -4.43. The van der Waals surface area contributed by atoms with E-state index in [0.29, 0.717) is 37.6 Å². The lowest BCUT2D eigenvalue weighted by molar-refractivity contribution is -0.137. The van der Waals surface area contributed by atoms with Gasteiger partial charge in [-0.05, 0) is 29.8 Å². The zero-order valence-corrected chi connectivity index (χ0v) is 16.1. The monoisotopic (exact) mass is 428 g/mol. The molecule has 1 aliphatic rings. The number of alkyl halides is 3. The van der Waals surface area contributed by atoms with Crippen molar-refractivity contribution in [3.63, 3.8) is 0 Å². The predicted molar refractivity (Wildman–Crippen MR) is 99.6 cm³/mol. The Hall–Kier alpha value is -2.66. The number of primary sulfonamides is 1. The second-order valence-corrected chi connectivity index (χ2v) is 8.20. The van der Waals surface area contributed by atoms with E-state index >= 15 is 0 Å². The summed E-state index contributed by atoms with van der Waals surface area (Å²) in [6.45, 7) is 1.73. The number of carbonyl (C=O) groups excluding carboxylic acids is 1. The van der Waals surface area contributed by atoms with E-state index in [9.17, 15) is 26.4 Å². The summed E-state index contributed by atoms with van der Waals surface area (Å²) in [6, 6.07) is 8.11. The number of anilines is 1. The van der Waals surface area contributed by atoms with Gasteiger partial charge in [-0.1, -0.05) is 12.1 Å². The highest BCUT2D eigenvalue weighted by atomic mass is 32.2. The van der Waals surface area contributed by atoms with Gasteiger partial charge in [0.2, 0.25) is 15.9 Å². The van der Waals surface area contributed by atoms with Gasteiger partial charge in [0, 0.05) is 32.4 Å². The Morgan fingerprint density at radius 2 is 1.66 bits per heavy atom. The van der Waals surface area contributed by atoms with Crippen LogP contribution in [-0.2, 0) is 27.4 Å². The maximum atomic E-state index is 12.6. The SMILES string of the molecule is NS(=O)(=O)c1ccc(CC(=O)N2CCN(c3ccc(C(F)(F)F)cn3)CC2)cc1. The van der Waals surface area contributed by atoms with Crippen molar-refractivity contribution in [2.45, 2.75) is 17.5 Å². The molecule has 0 aliphatic carbocycles. The molecule has 1 aromatic heterocycles. The molecule has 0 bridgehead atoms. The Bertz CT molecular complexity index is 969. The summed E-state index contributed by atoms with van der Waals surface area (Å²) in [6.07, 6.45) is -3.51. The molecular formula is C18H19F3N4O3S. The van der Waals surface area contributed by atoms with Crippen molar-refractivity contribution in [2.75, 3.05) is 31.1 Å². The molecule has 1 fully saturated rings. The zero-order valence-electron chi connectivity index (χ0n) is 15.3. The average Bonchev–Trinajstić information content (AvgIpc) is 2.67. The third-order valence-electron chi connectivity index (χ3n) is 4.64. The largest absolute Gasteiger partial charge is 0.417 e. The first kappa shape index (κ1) is 21.1. The van der Waals surface area contributed by atoms with Gasteiger partial charge in [-0.25, -0.2) is 18.5 Å². The van der Waals surface area contributed by atoms with Crippen LogP contribution in [0, 0.1) is 0 Å². The average molecular weight is 428 g/mol. The summed E-state index contributed by atoms with van der Waals surface area (Å²) in [4.78, 5) is 19.8. The van der Waals surface area contributed by atoms with Gasteiger partial charge in [0.25, 0.3) is 0 Å². The van der Waals surface area contributed by atoms with Gasteiger partial charge in [-0.2, -0.15) is 13.2 Å². The highest BCUT2D eigenvalue weighted by Crippen LogP contribution is 2.29. The van der Waals surface area contributed by atoms with Crippen LogP contribution >= 0.6 is 0 Å². The second-order valence-electron chi connectivity index (χ2n) is 6.64. The molecule has 1 saturated heterocycles. The van der Waals surface area contributed by atoms with Crippen molar-refractivity contribution in [3.05, 3.63) is 53.7 Å². The number of aromatic nitrogens is 1. The number of amides is 1. The molecule has 11 heteroatoms. The molecule has 1 aliphatic heterocycles. The minimum Gasteiger partial charge on any atom is -0.353 e. The second kappa shape index (κ2) is 7.99. The molecule has 0 spiro atoms. The number of nitrogens with zero attached hydrogens (tertiary/aromatic N) is 3. The molecule has 156 valence electrons. The number of benzene rings is 1. The van der Waals surface area contributed by atoms with E-state index in [1.807, 2.05) is 4.90 Å². The van der Waals surface area contributed by atoms with E-state index in [2.05, 4.69) is 4.98 Å².